The topological polar surface area (TPSA) is 70.3 Å². The van der Waals surface area contributed by atoms with Crippen LogP contribution in [0.4, 0.5) is 0 Å². The van der Waals surface area contributed by atoms with Gasteiger partial charge in [0.25, 0.3) is 0 Å². The van der Waals surface area contributed by atoms with Crippen molar-refractivity contribution in [3.8, 4) is 6.07 Å². The lowest BCUT2D eigenvalue weighted by atomic mass is 10.0. The van der Waals surface area contributed by atoms with Crippen LogP contribution in [0.15, 0.2) is 0 Å². The highest BCUT2D eigenvalue weighted by Gasteiger charge is 2.16. The third-order valence-corrected chi connectivity index (χ3v) is 1.54. The summed E-state index contributed by atoms with van der Waals surface area (Å²) in [4.78, 5) is 10.8. The SMILES string of the molecule is COC(=O)C(C#N)CCCCO. The van der Waals surface area contributed by atoms with Crippen molar-refractivity contribution < 1.29 is 14.6 Å². The molecule has 0 saturated carbocycles. The Labute approximate surface area is 71.8 Å². The molecular formula is C8H13NO3. The molecule has 68 valence electrons. The van der Waals surface area contributed by atoms with E-state index in [2.05, 4.69) is 4.74 Å². The Morgan fingerprint density at radius 1 is 1.67 bits per heavy atom. The monoisotopic (exact) mass is 171 g/mol. The molecule has 0 aromatic heterocycles. The standard InChI is InChI=1S/C8H13NO3/c1-12-8(11)7(6-9)4-2-3-5-10/h7,10H,2-5H2,1H3. The van der Waals surface area contributed by atoms with Gasteiger partial charge in [0.1, 0.15) is 5.92 Å². The molecule has 0 aliphatic rings. The molecule has 12 heavy (non-hydrogen) atoms. The summed E-state index contributed by atoms with van der Waals surface area (Å²) in [5.41, 5.74) is 0. The maximum atomic E-state index is 10.8. The van der Waals surface area contributed by atoms with Crippen LogP contribution in [-0.4, -0.2) is 24.8 Å². The Bertz CT molecular complexity index is 174. The van der Waals surface area contributed by atoms with Crippen molar-refractivity contribution in [1.82, 2.24) is 0 Å². The normalized spacial score (nSPS) is 11.8. The number of ether oxygens (including phenoxy) is 1. The summed E-state index contributed by atoms with van der Waals surface area (Å²) in [7, 11) is 1.26. The zero-order valence-corrected chi connectivity index (χ0v) is 7.12. The van der Waals surface area contributed by atoms with Crippen molar-refractivity contribution in [2.75, 3.05) is 13.7 Å². The van der Waals surface area contributed by atoms with Crippen LogP contribution in [0.5, 0.6) is 0 Å². The summed E-state index contributed by atoms with van der Waals surface area (Å²) >= 11 is 0. The number of aliphatic hydroxyl groups is 1. The van der Waals surface area contributed by atoms with Crippen molar-refractivity contribution in [2.45, 2.75) is 19.3 Å². The molecule has 0 spiro atoms. The minimum Gasteiger partial charge on any atom is -0.468 e. The maximum Gasteiger partial charge on any atom is 0.323 e. The van der Waals surface area contributed by atoms with Gasteiger partial charge < -0.3 is 9.84 Å². The first kappa shape index (κ1) is 10.9. The number of nitriles is 1. The van der Waals surface area contributed by atoms with Gasteiger partial charge in [-0.15, -0.1) is 0 Å². The van der Waals surface area contributed by atoms with Gasteiger partial charge >= 0.3 is 5.97 Å². The average Bonchev–Trinajstić information content (AvgIpc) is 2.11. The summed E-state index contributed by atoms with van der Waals surface area (Å²) in [5.74, 6) is -1.17. The van der Waals surface area contributed by atoms with E-state index in [1.54, 1.807) is 0 Å². The van der Waals surface area contributed by atoms with Crippen LogP contribution < -0.4 is 0 Å². The minimum atomic E-state index is -0.679. The van der Waals surface area contributed by atoms with E-state index in [0.29, 0.717) is 19.3 Å². The van der Waals surface area contributed by atoms with E-state index in [4.69, 9.17) is 10.4 Å². The second-order valence-electron chi connectivity index (χ2n) is 2.42. The van der Waals surface area contributed by atoms with Crippen molar-refractivity contribution in [1.29, 1.82) is 5.26 Å². The summed E-state index contributed by atoms with van der Waals surface area (Å²) in [6.07, 6.45) is 1.75. The molecule has 1 atom stereocenters. The van der Waals surface area contributed by atoms with Crippen LogP contribution in [0.1, 0.15) is 19.3 Å². The highest BCUT2D eigenvalue weighted by Crippen LogP contribution is 2.08. The lowest BCUT2D eigenvalue weighted by molar-refractivity contribution is -0.143. The second-order valence-corrected chi connectivity index (χ2v) is 2.42. The van der Waals surface area contributed by atoms with Crippen molar-refractivity contribution in [3.63, 3.8) is 0 Å². The van der Waals surface area contributed by atoms with Crippen molar-refractivity contribution in [3.05, 3.63) is 0 Å². The van der Waals surface area contributed by atoms with Gasteiger partial charge in [0.15, 0.2) is 0 Å². The fourth-order valence-corrected chi connectivity index (χ4v) is 0.838. The van der Waals surface area contributed by atoms with E-state index in [1.165, 1.54) is 7.11 Å². The number of rotatable bonds is 5. The predicted molar refractivity (Wildman–Crippen MR) is 42.1 cm³/mol. The zero-order chi connectivity index (χ0) is 9.40. The molecule has 0 bridgehead atoms. The van der Waals surface area contributed by atoms with E-state index in [-0.39, 0.29) is 6.61 Å². The van der Waals surface area contributed by atoms with Gasteiger partial charge in [-0.2, -0.15) is 5.26 Å². The third-order valence-electron chi connectivity index (χ3n) is 1.54. The molecule has 1 unspecified atom stereocenters. The lowest BCUT2D eigenvalue weighted by Crippen LogP contribution is -2.14. The molecule has 0 saturated heterocycles. The van der Waals surface area contributed by atoms with Crippen LogP contribution in [0.2, 0.25) is 0 Å². The van der Waals surface area contributed by atoms with Crippen molar-refractivity contribution in [2.24, 2.45) is 5.92 Å². The van der Waals surface area contributed by atoms with Crippen molar-refractivity contribution >= 4 is 5.97 Å². The predicted octanol–water partition coefficient (Wildman–Crippen LogP) is 0.462. The number of hydrogen-bond donors (Lipinski definition) is 1. The Hall–Kier alpha value is -1.08. The molecule has 0 radical (unpaired) electrons. The van der Waals surface area contributed by atoms with Crippen LogP contribution >= 0.6 is 0 Å². The van der Waals surface area contributed by atoms with Gasteiger partial charge in [-0.1, -0.05) is 0 Å². The summed E-state index contributed by atoms with van der Waals surface area (Å²) < 4.78 is 4.41. The molecule has 0 aliphatic carbocycles. The Kier molecular flexibility index (Phi) is 6.02. The molecule has 0 aromatic rings. The number of unbranched alkanes of at least 4 members (excludes halogenated alkanes) is 1. The summed E-state index contributed by atoms with van der Waals surface area (Å²) in [6.45, 7) is 0.0965. The smallest absolute Gasteiger partial charge is 0.323 e. The van der Waals surface area contributed by atoms with Gasteiger partial charge in [0.2, 0.25) is 0 Å². The Morgan fingerprint density at radius 3 is 2.75 bits per heavy atom. The molecule has 0 rings (SSSR count). The number of hydrogen-bond acceptors (Lipinski definition) is 4. The largest absolute Gasteiger partial charge is 0.468 e. The molecule has 0 amide bonds. The van der Waals surface area contributed by atoms with E-state index in [9.17, 15) is 4.79 Å². The van der Waals surface area contributed by atoms with Crippen LogP contribution in [-0.2, 0) is 9.53 Å². The van der Waals surface area contributed by atoms with Gasteiger partial charge in [-0.05, 0) is 19.3 Å². The molecule has 4 heteroatoms. The van der Waals surface area contributed by atoms with Gasteiger partial charge in [-0.3, -0.25) is 4.79 Å². The lowest BCUT2D eigenvalue weighted by Gasteiger charge is -2.04. The highest BCUT2D eigenvalue weighted by atomic mass is 16.5. The van der Waals surface area contributed by atoms with Gasteiger partial charge in [0.05, 0.1) is 13.2 Å². The van der Waals surface area contributed by atoms with Crippen LogP contribution in [0.3, 0.4) is 0 Å². The zero-order valence-electron chi connectivity index (χ0n) is 7.12. The summed E-state index contributed by atoms with van der Waals surface area (Å²) in [5, 5.41) is 17.0. The van der Waals surface area contributed by atoms with Crippen LogP contribution in [0.25, 0.3) is 0 Å². The number of methoxy groups -OCH3 is 1. The molecule has 4 nitrogen and oxygen atoms in total. The van der Waals surface area contributed by atoms with E-state index in [1.807, 2.05) is 6.07 Å². The highest BCUT2D eigenvalue weighted by molar-refractivity contribution is 5.74. The first-order chi connectivity index (χ1) is 5.76. The molecular weight excluding hydrogens is 158 g/mol. The van der Waals surface area contributed by atoms with E-state index in [0.717, 1.165) is 0 Å². The third kappa shape index (κ3) is 3.94. The van der Waals surface area contributed by atoms with E-state index >= 15 is 0 Å². The fraction of sp³-hybridized carbons (Fsp3) is 0.750. The Balaban J connectivity index is 3.70. The van der Waals surface area contributed by atoms with Gasteiger partial charge in [0, 0.05) is 6.61 Å². The number of carbonyl (C=O) groups excluding carboxylic acids is 1. The number of carbonyl (C=O) groups is 1. The average molecular weight is 171 g/mol. The minimum absolute atomic E-state index is 0.0965. The van der Waals surface area contributed by atoms with Crippen LogP contribution in [0, 0.1) is 17.2 Å². The first-order valence-corrected chi connectivity index (χ1v) is 3.84. The Morgan fingerprint density at radius 2 is 2.33 bits per heavy atom. The molecule has 0 heterocycles. The number of nitrogens with zero attached hydrogens (tertiary/aromatic N) is 1. The fourth-order valence-electron chi connectivity index (χ4n) is 0.838. The van der Waals surface area contributed by atoms with Gasteiger partial charge in [-0.25, -0.2) is 0 Å². The quantitative estimate of drug-likeness (QED) is 0.482. The second kappa shape index (κ2) is 6.62. The number of aliphatic hydroxyl groups excluding tert-OH is 1. The summed E-state index contributed by atoms with van der Waals surface area (Å²) in [6, 6.07) is 1.86. The maximum absolute atomic E-state index is 10.8. The molecule has 0 fully saturated rings. The molecule has 1 N–H and O–H groups in total. The molecule has 0 aliphatic heterocycles. The van der Waals surface area contributed by atoms with E-state index < -0.39 is 11.9 Å². The number of esters is 1. The first-order valence-electron chi connectivity index (χ1n) is 3.84. The molecule has 0 aromatic carbocycles.